The van der Waals surface area contributed by atoms with E-state index in [-0.39, 0.29) is 0 Å². The van der Waals surface area contributed by atoms with Crippen molar-refractivity contribution in [2.24, 2.45) is 7.05 Å². The molecule has 60 valence electrons. The zero-order chi connectivity index (χ0) is 7.84. The number of hydrogen-bond acceptors (Lipinski definition) is 3. The third-order valence-corrected chi connectivity index (χ3v) is 1.92. The quantitative estimate of drug-likeness (QED) is 0.538. The molecule has 0 aromatic carbocycles. The van der Waals surface area contributed by atoms with Crippen LogP contribution in [0.15, 0.2) is 6.33 Å². The molecule has 0 unspecified atom stereocenters. The fourth-order valence-electron chi connectivity index (χ4n) is 1.27. The van der Waals surface area contributed by atoms with Crippen molar-refractivity contribution in [3.05, 3.63) is 12.0 Å². The summed E-state index contributed by atoms with van der Waals surface area (Å²) in [5.74, 6) is 1.04. The third kappa shape index (κ3) is 0.903. The molecule has 0 aliphatic carbocycles. The van der Waals surface area contributed by atoms with Crippen LogP contribution in [-0.4, -0.2) is 23.3 Å². The number of rotatable bonds is 0. The lowest BCUT2D eigenvalue weighted by Gasteiger charge is -2.23. The maximum atomic E-state index is 5.31. The van der Waals surface area contributed by atoms with E-state index in [9.17, 15) is 0 Å². The highest BCUT2D eigenvalue weighted by Gasteiger charge is 2.17. The van der Waals surface area contributed by atoms with Crippen molar-refractivity contribution in [2.75, 3.05) is 18.7 Å². The van der Waals surface area contributed by atoms with Gasteiger partial charge in [-0.15, -0.1) is 0 Å². The Balaban J connectivity index is 2.46. The van der Waals surface area contributed by atoms with Crippen molar-refractivity contribution in [1.29, 1.82) is 0 Å². The highest BCUT2D eigenvalue weighted by molar-refractivity contribution is 5.43. The number of aryl methyl sites for hydroxylation is 1. The Hall–Kier alpha value is -1.03. The van der Waals surface area contributed by atoms with E-state index >= 15 is 0 Å². The Morgan fingerprint density at radius 1 is 1.55 bits per heavy atom. The Morgan fingerprint density at radius 3 is 3.09 bits per heavy atom. The van der Waals surface area contributed by atoms with Crippen LogP contribution in [0.2, 0.25) is 0 Å². The molecule has 2 rings (SSSR count). The molecule has 0 saturated carbocycles. The van der Waals surface area contributed by atoms with Crippen LogP contribution in [-0.2, 0) is 18.4 Å². The number of aromatic nitrogens is 2. The molecule has 0 radical (unpaired) electrons. The number of hydrogen-bond donors (Lipinski definition) is 0. The molecule has 4 heteroatoms. The van der Waals surface area contributed by atoms with E-state index in [0.29, 0.717) is 13.3 Å². The minimum Gasteiger partial charge on any atom is -0.355 e. The van der Waals surface area contributed by atoms with Crippen molar-refractivity contribution >= 4 is 5.82 Å². The van der Waals surface area contributed by atoms with Gasteiger partial charge in [-0.05, 0) is 0 Å². The lowest BCUT2D eigenvalue weighted by atomic mass is 10.4. The van der Waals surface area contributed by atoms with E-state index in [1.54, 1.807) is 0 Å². The topological polar surface area (TPSA) is 30.3 Å². The minimum absolute atomic E-state index is 0.643. The number of anilines is 1. The zero-order valence-electron chi connectivity index (χ0n) is 6.74. The predicted octanol–water partition coefficient (Wildman–Crippen LogP) is 0.344. The summed E-state index contributed by atoms with van der Waals surface area (Å²) in [5, 5.41) is 0. The van der Waals surface area contributed by atoms with Gasteiger partial charge in [-0.2, -0.15) is 0 Å². The first-order chi connectivity index (χ1) is 5.29. The van der Waals surface area contributed by atoms with Crippen LogP contribution in [0, 0.1) is 0 Å². The van der Waals surface area contributed by atoms with E-state index in [4.69, 9.17) is 4.74 Å². The van der Waals surface area contributed by atoms with Crippen LogP contribution in [0.25, 0.3) is 0 Å². The molecule has 0 atom stereocenters. The molecular formula is C7H11N3O. The second kappa shape index (κ2) is 2.23. The monoisotopic (exact) mass is 153 g/mol. The van der Waals surface area contributed by atoms with Crippen LogP contribution >= 0.6 is 0 Å². The fraction of sp³-hybridized carbons (Fsp3) is 0.571. The van der Waals surface area contributed by atoms with Gasteiger partial charge in [-0.3, -0.25) is 0 Å². The molecule has 0 saturated heterocycles. The van der Waals surface area contributed by atoms with Crippen LogP contribution in [0.4, 0.5) is 5.82 Å². The highest BCUT2D eigenvalue weighted by atomic mass is 16.5. The summed E-state index contributed by atoms with van der Waals surface area (Å²) in [6, 6.07) is 0. The lowest BCUT2D eigenvalue weighted by molar-refractivity contribution is 0.108. The molecule has 0 spiro atoms. The lowest BCUT2D eigenvalue weighted by Crippen LogP contribution is -2.27. The molecule has 1 aliphatic rings. The Morgan fingerprint density at radius 2 is 2.36 bits per heavy atom. The van der Waals surface area contributed by atoms with Crippen LogP contribution < -0.4 is 4.90 Å². The standard InChI is InChI=1S/C7H11N3O/c1-9-4-8-7-6(9)3-11-5-10(7)2/h4H,3,5H2,1-2H3. The summed E-state index contributed by atoms with van der Waals surface area (Å²) in [7, 11) is 3.96. The molecule has 1 aromatic rings. The van der Waals surface area contributed by atoms with E-state index in [0.717, 1.165) is 11.5 Å². The van der Waals surface area contributed by atoms with Crippen molar-refractivity contribution < 1.29 is 4.74 Å². The van der Waals surface area contributed by atoms with Crippen molar-refractivity contribution in [1.82, 2.24) is 9.55 Å². The van der Waals surface area contributed by atoms with Crippen LogP contribution in [0.3, 0.4) is 0 Å². The van der Waals surface area contributed by atoms with Gasteiger partial charge in [0.25, 0.3) is 0 Å². The molecule has 1 aliphatic heterocycles. The summed E-state index contributed by atoms with van der Waals surface area (Å²) < 4.78 is 7.30. The maximum absolute atomic E-state index is 5.31. The van der Waals surface area contributed by atoms with Gasteiger partial charge in [0, 0.05) is 14.1 Å². The normalized spacial score (nSPS) is 16.7. The zero-order valence-corrected chi connectivity index (χ0v) is 6.74. The molecule has 0 bridgehead atoms. The SMILES string of the molecule is CN1COCc2c1ncn2C. The summed E-state index contributed by atoms with van der Waals surface area (Å²) in [6.07, 6.45) is 1.82. The van der Waals surface area contributed by atoms with Crippen LogP contribution in [0.1, 0.15) is 5.69 Å². The first-order valence-electron chi connectivity index (χ1n) is 3.58. The number of imidazole rings is 1. The molecule has 0 N–H and O–H groups in total. The van der Waals surface area contributed by atoms with E-state index in [1.807, 2.05) is 29.9 Å². The summed E-state index contributed by atoms with van der Waals surface area (Å²) in [5.41, 5.74) is 1.15. The fourth-order valence-corrected chi connectivity index (χ4v) is 1.27. The first kappa shape index (κ1) is 6.67. The minimum atomic E-state index is 0.643. The number of fused-ring (bicyclic) bond motifs is 1. The Bertz CT molecular complexity index is 269. The van der Waals surface area contributed by atoms with Gasteiger partial charge < -0.3 is 14.2 Å². The molecular weight excluding hydrogens is 142 g/mol. The van der Waals surface area contributed by atoms with Gasteiger partial charge in [-0.25, -0.2) is 4.98 Å². The first-order valence-corrected chi connectivity index (χ1v) is 3.58. The van der Waals surface area contributed by atoms with E-state index in [1.165, 1.54) is 0 Å². The molecule has 0 fully saturated rings. The molecule has 2 heterocycles. The summed E-state index contributed by atoms with van der Waals surface area (Å²) in [4.78, 5) is 6.25. The van der Waals surface area contributed by atoms with Crippen LogP contribution in [0.5, 0.6) is 0 Å². The van der Waals surface area contributed by atoms with Gasteiger partial charge in [0.15, 0.2) is 5.82 Å². The van der Waals surface area contributed by atoms with Gasteiger partial charge in [0.2, 0.25) is 0 Å². The number of nitrogens with zero attached hydrogens (tertiary/aromatic N) is 3. The van der Waals surface area contributed by atoms with Crippen molar-refractivity contribution in [2.45, 2.75) is 6.61 Å². The second-order valence-corrected chi connectivity index (χ2v) is 2.80. The van der Waals surface area contributed by atoms with E-state index < -0.39 is 0 Å². The van der Waals surface area contributed by atoms with E-state index in [2.05, 4.69) is 4.98 Å². The maximum Gasteiger partial charge on any atom is 0.154 e. The average molecular weight is 153 g/mol. The Labute approximate surface area is 65.4 Å². The third-order valence-electron chi connectivity index (χ3n) is 1.92. The van der Waals surface area contributed by atoms with Gasteiger partial charge >= 0.3 is 0 Å². The smallest absolute Gasteiger partial charge is 0.154 e. The van der Waals surface area contributed by atoms with Crippen molar-refractivity contribution in [3.63, 3.8) is 0 Å². The Kier molecular flexibility index (Phi) is 1.35. The van der Waals surface area contributed by atoms with Crippen molar-refractivity contribution in [3.8, 4) is 0 Å². The van der Waals surface area contributed by atoms with Gasteiger partial charge in [0.1, 0.15) is 6.73 Å². The van der Waals surface area contributed by atoms with Gasteiger partial charge in [0.05, 0.1) is 18.6 Å². The second-order valence-electron chi connectivity index (χ2n) is 2.80. The molecule has 11 heavy (non-hydrogen) atoms. The number of ether oxygens (including phenoxy) is 1. The average Bonchev–Trinajstić information content (AvgIpc) is 2.35. The summed E-state index contributed by atoms with van der Waals surface area (Å²) in [6.45, 7) is 1.32. The largest absolute Gasteiger partial charge is 0.355 e. The predicted molar refractivity (Wildman–Crippen MR) is 41.3 cm³/mol. The molecule has 0 amide bonds. The molecule has 4 nitrogen and oxygen atoms in total. The summed E-state index contributed by atoms with van der Waals surface area (Å²) >= 11 is 0. The highest BCUT2D eigenvalue weighted by Crippen LogP contribution is 2.21. The van der Waals surface area contributed by atoms with Gasteiger partial charge in [-0.1, -0.05) is 0 Å². The molecule has 1 aromatic heterocycles.